The molecule has 2 heteroatoms. The molecule has 0 aliphatic rings. The van der Waals surface area contributed by atoms with Crippen LogP contribution >= 0.6 is 0 Å². The molecule has 0 aliphatic carbocycles. The van der Waals surface area contributed by atoms with Crippen LogP contribution in [-0.4, -0.2) is 17.9 Å². The summed E-state index contributed by atoms with van der Waals surface area (Å²) < 4.78 is 0. The summed E-state index contributed by atoms with van der Waals surface area (Å²) >= 11 is 0. The van der Waals surface area contributed by atoms with Crippen molar-refractivity contribution in [3.05, 3.63) is 28.3 Å². The maximum Gasteiger partial charge on any atom is 0.122 e. The van der Waals surface area contributed by atoms with E-state index in [0.29, 0.717) is 5.75 Å². The Hall–Kier alpha value is -1.31. The van der Waals surface area contributed by atoms with Gasteiger partial charge in [-0.05, 0) is 48.4 Å². The van der Waals surface area contributed by atoms with Crippen molar-refractivity contribution in [2.75, 3.05) is 6.54 Å². The SMILES string of the molecule is CCN=CCc1c(C)cc(C(C)(C)C)c(O)c1C. The van der Waals surface area contributed by atoms with E-state index in [1.54, 1.807) is 0 Å². The number of aromatic hydroxyl groups is 1. The molecular weight excluding hydrogens is 222 g/mol. The highest BCUT2D eigenvalue weighted by Crippen LogP contribution is 2.36. The summed E-state index contributed by atoms with van der Waals surface area (Å²) in [4.78, 5) is 4.24. The quantitative estimate of drug-likeness (QED) is 0.806. The van der Waals surface area contributed by atoms with Gasteiger partial charge in [-0.2, -0.15) is 0 Å². The van der Waals surface area contributed by atoms with E-state index in [9.17, 15) is 5.11 Å². The third kappa shape index (κ3) is 3.12. The Morgan fingerprint density at radius 1 is 1.28 bits per heavy atom. The second-order valence-electron chi connectivity index (χ2n) is 5.83. The molecule has 0 aliphatic heterocycles. The molecule has 1 rings (SSSR count). The molecule has 1 N–H and O–H groups in total. The van der Waals surface area contributed by atoms with Crippen molar-refractivity contribution in [2.24, 2.45) is 4.99 Å². The van der Waals surface area contributed by atoms with Gasteiger partial charge in [-0.3, -0.25) is 4.99 Å². The first-order valence-corrected chi connectivity index (χ1v) is 6.59. The summed E-state index contributed by atoms with van der Waals surface area (Å²) in [7, 11) is 0. The standard InChI is InChI=1S/C16H25NO/c1-7-17-9-8-13-11(2)10-14(16(4,5)6)15(18)12(13)3/h9-10,18H,7-8H2,1-6H3. The van der Waals surface area contributed by atoms with Crippen LogP contribution in [0.2, 0.25) is 0 Å². The van der Waals surface area contributed by atoms with Gasteiger partial charge in [-0.1, -0.05) is 26.8 Å². The van der Waals surface area contributed by atoms with Gasteiger partial charge in [0.2, 0.25) is 0 Å². The largest absolute Gasteiger partial charge is 0.507 e. The van der Waals surface area contributed by atoms with E-state index in [1.807, 2.05) is 20.1 Å². The minimum Gasteiger partial charge on any atom is -0.507 e. The highest BCUT2D eigenvalue weighted by molar-refractivity contribution is 5.65. The van der Waals surface area contributed by atoms with Crippen LogP contribution in [0, 0.1) is 13.8 Å². The minimum atomic E-state index is -0.0321. The highest BCUT2D eigenvalue weighted by Gasteiger charge is 2.21. The Balaban J connectivity index is 3.25. The summed E-state index contributed by atoms with van der Waals surface area (Å²) in [5, 5.41) is 10.4. The molecule has 0 heterocycles. The molecule has 0 unspecified atom stereocenters. The lowest BCUT2D eigenvalue weighted by Crippen LogP contribution is -2.13. The van der Waals surface area contributed by atoms with Crippen molar-refractivity contribution in [3.8, 4) is 5.75 Å². The Kier molecular flexibility index (Phi) is 4.55. The molecule has 2 nitrogen and oxygen atoms in total. The molecule has 18 heavy (non-hydrogen) atoms. The van der Waals surface area contributed by atoms with Crippen LogP contribution in [0.5, 0.6) is 5.75 Å². The Bertz CT molecular complexity index is 453. The molecule has 0 saturated heterocycles. The van der Waals surface area contributed by atoms with E-state index in [4.69, 9.17) is 0 Å². The maximum absolute atomic E-state index is 10.4. The Morgan fingerprint density at radius 3 is 2.39 bits per heavy atom. The van der Waals surface area contributed by atoms with Crippen LogP contribution in [0.15, 0.2) is 11.1 Å². The first-order chi connectivity index (χ1) is 8.29. The first-order valence-electron chi connectivity index (χ1n) is 6.59. The number of benzene rings is 1. The molecule has 1 aromatic carbocycles. The first kappa shape index (κ1) is 14.7. The molecule has 0 aromatic heterocycles. The monoisotopic (exact) mass is 247 g/mol. The van der Waals surface area contributed by atoms with Crippen LogP contribution in [0.4, 0.5) is 0 Å². The Morgan fingerprint density at radius 2 is 1.89 bits per heavy atom. The number of rotatable bonds is 3. The molecule has 0 amide bonds. The molecular formula is C16H25NO. The van der Waals surface area contributed by atoms with Crippen molar-refractivity contribution in [2.45, 2.75) is 53.4 Å². The number of aliphatic imine (C=N–C) groups is 1. The summed E-state index contributed by atoms with van der Waals surface area (Å²) in [5.74, 6) is 0.438. The zero-order valence-corrected chi connectivity index (χ0v) is 12.5. The van der Waals surface area contributed by atoms with Crippen LogP contribution in [0.1, 0.15) is 49.9 Å². The number of nitrogens with zero attached hydrogens (tertiary/aromatic N) is 1. The van der Waals surface area contributed by atoms with Crippen molar-refractivity contribution >= 4 is 6.21 Å². The van der Waals surface area contributed by atoms with E-state index in [2.05, 4.69) is 38.8 Å². The second kappa shape index (κ2) is 5.55. The van der Waals surface area contributed by atoms with Crippen molar-refractivity contribution in [1.29, 1.82) is 0 Å². The van der Waals surface area contributed by atoms with Gasteiger partial charge in [0.1, 0.15) is 5.75 Å². The fourth-order valence-corrected chi connectivity index (χ4v) is 2.18. The van der Waals surface area contributed by atoms with Gasteiger partial charge in [0, 0.05) is 19.2 Å². The topological polar surface area (TPSA) is 32.6 Å². The zero-order valence-electron chi connectivity index (χ0n) is 12.5. The minimum absolute atomic E-state index is 0.0321. The highest BCUT2D eigenvalue weighted by atomic mass is 16.3. The predicted molar refractivity (Wildman–Crippen MR) is 79.0 cm³/mol. The lowest BCUT2D eigenvalue weighted by Gasteiger charge is -2.24. The van der Waals surface area contributed by atoms with Crippen molar-refractivity contribution in [1.82, 2.24) is 0 Å². The molecule has 0 radical (unpaired) electrons. The molecule has 0 spiro atoms. The molecule has 0 atom stereocenters. The van der Waals surface area contributed by atoms with Gasteiger partial charge in [0.05, 0.1) is 0 Å². The molecule has 0 bridgehead atoms. The van der Waals surface area contributed by atoms with Gasteiger partial charge < -0.3 is 5.11 Å². The smallest absolute Gasteiger partial charge is 0.122 e. The van der Waals surface area contributed by atoms with E-state index >= 15 is 0 Å². The van der Waals surface area contributed by atoms with Gasteiger partial charge in [0.25, 0.3) is 0 Å². The third-order valence-electron chi connectivity index (χ3n) is 3.31. The second-order valence-corrected chi connectivity index (χ2v) is 5.83. The van der Waals surface area contributed by atoms with E-state index < -0.39 is 0 Å². The van der Waals surface area contributed by atoms with Crippen molar-refractivity contribution in [3.63, 3.8) is 0 Å². The normalized spacial score (nSPS) is 12.3. The fraction of sp³-hybridized carbons (Fsp3) is 0.562. The summed E-state index contributed by atoms with van der Waals surface area (Å²) in [6.07, 6.45) is 2.73. The molecule has 0 fully saturated rings. The maximum atomic E-state index is 10.4. The Labute approximate surface area is 111 Å². The third-order valence-corrected chi connectivity index (χ3v) is 3.31. The molecule has 0 saturated carbocycles. The van der Waals surface area contributed by atoms with Gasteiger partial charge in [0.15, 0.2) is 0 Å². The number of aryl methyl sites for hydroxylation is 1. The summed E-state index contributed by atoms with van der Waals surface area (Å²) in [6.45, 7) is 13.3. The summed E-state index contributed by atoms with van der Waals surface area (Å²) in [6, 6.07) is 2.11. The number of phenols is 1. The predicted octanol–water partition coefficient (Wildman–Crippen LogP) is 3.94. The van der Waals surface area contributed by atoms with Gasteiger partial charge >= 0.3 is 0 Å². The van der Waals surface area contributed by atoms with Crippen LogP contribution in [0.25, 0.3) is 0 Å². The fourth-order valence-electron chi connectivity index (χ4n) is 2.18. The lowest BCUT2D eigenvalue weighted by atomic mass is 9.82. The van der Waals surface area contributed by atoms with E-state index in [0.717, 1.165) is 24.1 Å². The van der Waals surface area contributed by atoms with E-state index in [-0.39, 0.29) is 5.41 Å². The van der Waals surface area contributed by atoms with Gasteiger partial charge in [-0.15, -0.1) is 0 Å². The zero-order chi connectivity index (χ0) is 13.9. The van der Waals surface area contributed by atoms with Crippen molar-refractivity contribution < 1.29 is 5.11 Å². The summed E-state index contributed by atoms with van der Waals surface area (Å²) in [5.41, 5.74) is 4.40. The van der Waals surface area contributed by atoms with Crippen LogP contribution in [-0.2, 0) is 11.8 Å². The number of hydrogen-bond acceptors (Lipinski definition) is 2. The van der Waals surface area contributed by atoms with Crippen LogP contribution < -0.4 is 0 Å². The number of hydrogen-bond donors (Lipinski definition) is 1. The molecule has 1 aromatic rings. The van der Waals surface area contributed by atoms with E-state index in [1.165, 1.54) is 11.1 Å². The number of phenolic OH excluding ortho intramolecular Hbond substituents is 1. The average Bonchev–Trinajstić information content (AvgIpc) is 2.26. The lowest BCUT2D eigenvalue weighted by molar-refractivity contribution is 0.442. The van der Waals surface area contributed by atoms with Crippen LogP contribution in [0.3, 0.4) is 0 Å². The van der Waals surface area contributed by atoms with Gasteiger partial charge in [-0.25, -0.2) is 0 Å². The molecule has 100 valence electrons. The average molecular weight is 247 g/mol.